The number of benzene rings is 8. The summed E-state index contributed by atoms with van der Waals surface area (Å²) in [5, 5.41) is 3.55. The van der Waals surface area contributed by atoms with E-state index in [9.17, 15) is 0 Å². The predicted molar refractivity (Wildman–Crippen MR) is 254 cm³/mol. The molecule has 0 unspecified atom stereocenters. The van der Waals surface area contributed by atoms with Crippen molar-refractivity contribution in [1.82, 2.24) is 19.5 Å². The van der Waals surface area contributed by atoms with Crippen molar-refractivity contribution in [3.63, 3.8) is 0 Å². The van der Waals surface area contributed by atoms with E-state index in [-0.39, 0.29) is 0 Å². The van der Waals surface area contributed by atoms with Gasteiger partial charge in [-0.15, -0.1) is 0 Å². The Morgan fingerprint density at radius 2 is 0.984 bits per heavy atom. The number of fused-ring (bicyclic) bond motifs is 6. The number of hydrogen-bond acceptors (Lipinski definition) is 4. The number of aryl methyl sites for hydroxylation is 1. The van der Waals surface area contributed by atoms with E-state index in [0.717, 1.165) is 68.7 Å². The van der Waals surface area contributed by atoms with E-state index >= 15 is 0 Å². The standard InChI is InChI=1S/C57H38N4O/c1-5-16-37(17-6-1)44-35-47(38-18-7-2-8-19-38)54-50(36-44)48-33-41(42-29-31-53-49(34-42)46-26-13-14-27-52(46)62-53)28-30-51(48)61(54)45-25-15-24-43(32-45)57-59-55(39-20-9-3-10-21-39)58-56(60-57)40-22-11-4-12-23-40/h1-28,30,32-36H,29,31H2. The number of hydrogen-bond donors (Lipinski definition) is 0. The van der Waals surface area contributed by atoms with Crippen LogP contribution in [0.2, 0.25) is 0 Å². The lowest BCUT2D eigenvalue weighted by Gasteiger charge is -2.15. The van der Waals surface area contributed by atoms with E-state index in [4.69, 9.17) is 19.4 Å². The molecule has 0 spiro atoms. The minimum atomic E-state index is 0.618. The molecule has 0 amide bonds. The lowest BCUT2D eigenvalue weighted by Crippen LogP contribution is -2.01. The Morgan fingerprint density at radius 1 is 0.403 bits per heavy atom. The number of rotatable bonds is 7. The molecule has 0 N–H and O–H groups in total. The van der Waals surface area contributed by atoms with E-state index in [1.807, 2.05) is 66.7 Å². The average molecular weight is 795 g/mol. The van der Waals surface area contributed by atoms with Crippen molar-refractivity contribution in [3.8, 4) is 62.1 Å². The minimum absolute atomic E-state index is 0.618. The van der Waals surface area contributed by atoms with Crippen molar-refractivity contribution in [2.75, 3.05) is 0 Å². The van der Waals surface area contributed by atoms with Gasteiger partial charge in [0, 0.05) is 56.1 Å². The molecule has 1 aliphatic carbocycles. The van der Waals surface area contributed by atoms with Crippen molar-refractivity contribution < 1.29 is 4.42 Å². The summed E-state index contributed by atoms with van der Waals surface area (Å²) in [6.45, 7) is 0. The van der Waals surface area contributed by atoms with Gasteiger partial charge in [-0.1, -0.05) is 158 Å². The Kier molecular flexibility index (Phi) is 8.56. The molecule has 0 radical (unpaired) electrons. The molecule has 0 bridgehead atoms. The molecule has 5 nitrogen and oxygen atoms in total. The summed E-state index contributed by atoms with van der Waals surface area (Å²) < 4.78 is 8.74. The fraction of sp³-hybridized carbons (Fsp3) is 0.0351. The van der Waals surface area contributed by atoms with Gasteiger partial charge < -0.3 is 8.98 Å². The number of allylic oxidation sites excluding steroid dienone is 1. The van der Waals surface area contributed by atoms with Crippen molar-refractivity contribution >= 4 is 44.4 Å². The molecule has 0 saturated carbocycles. The van der Waals surface area contributed by atoms with Crippen LogP contribution in [0, 0.1) is 0 Å². The number of para-hydroxylation sites is 1. The molecule has 5 heteroatoms. The number of furan rings is 1. The Bertz CT molecular complexity index is 3440. The van der Waals surface area contributed by atoms with E-state index in [1.54, 1.807) is 0 Å². The van der Waals surface area contributed by atoms with Gasteiger partial charge >= 0.3 is 0 Å². The molecule has 62 heavy (non-hydrogen) atoms. The van der Waals surface area contributed by atoms with Gasteiger partial charge in [0.05, 0.1) is 11.0 Å². The maximum atomic E-state index is 6.30. The Hall–Kier alpha value is -8.15. The van der Waals surface area contributed by atoms with Gasteiger partial charge in [0.1, 0.15) is 11.3 Å². The molecular weight excluding hydrogens is 757 g/mol. The Balaban J connectivity index is 1.10. The van der Waals surface area contributed by atoms with Crippen LogP contribution in [-0.2, 0) is 6.42 Å². The zero-order valence-electron chi connectivity index (χ0n) is 33.7. The third-order valence-corrected chi connectivity index (χ3v) is 12.1. The first kappa shape index (κ1) is 35.8. The first-order chi connectivity index (χ1) is 30.7. The van der Waals surface area contributed by atoms with E-state index in [0.29, 0.717) is 17.5 Å². The highest BCUT2D eigenvalue weighted by atomic mass is 16.3. The van der Waals surface area contributed by atoms with Crippen LogP contribution in [0.3, 0.4) is 0 Å². The third kappa shape index (κ3) is 6.22. The summed E-state index contributed by atoms with van der Waals surface area (Å²) in [5.74, 6) is 2.96. The summed E-state index contributed by atoms with van der Waals surface area (Å²) in [5.41, 5.74) is 15.4. The zero-order valence-corrected chi connectivity index (χ0v) is 33.7. The van der Waals surface area contributed by atoms with E-state index < -0.39 is 0 Å². The lowest BCUT2D eigenvalue weighted by molar-refractivity contribution is 0.548. The maximum Gasteiger partial charge on any atom is 0.164 e. The fourth-order valence-electron chi connectivity index (χ4n) is 9.15. The smallest absolute Gasteiger partial charge is 0.164 e. The second kappa shape index (κ2) is 14.8. The van der Waals surface area contributed by atoms with Gasteiger partial charge in [-0.3, -0.25) is 0 Å². The summed E-state index contributed by atoms with van der Waals surface area (Å²) >= 11 is 0. The van der Waals surface area contributed by atoms with Crippen LogP contribution < -0.4 is 0 Å². The molecule has 292 valence electrons. The lowest BCUT2D eigenvalue weighted by atomic mass is 9.90. The second-order valence-electron chi connectivity index (χ2n) is 15.9. The molecule has 12 rings (SSSR count). The van der Waals surface area contributed by atoms with Crippen molar-refractivity contribution in [1.29, 1.82) is 0 Å². The molecule has 11 aromatic rings. The molecule has 0 atom stereocenters. The number of nitrogens with zero attached hydrogens (tertiary/aromatic N) is 4. The number of aromatic nitrogens is 4. The van der Waals surface area contributed by atoms with Gasteiger partial charge in [0.15, 0.2) is 17.5 Å². The minimum Gasteiger partial charge on any atom is -0.460 e. The summed E-state index contributed by atoms with van der Waals surface area (Å²) in [6, 6.07) is 70.5. The Labute approximate surface area is 359 Å². The van der Waals surface area contributed by atoms with Gasteiger partial charge in [-0.25, -0.2) is 15.0 Å². The highest BCUT2D eigenvalue weighted by Crippen LogP contribution is 2.44. The van der Waals surface area contributed by atoms with Crippen LogP contribution >= 0.6 is 0 Å². The van der Waals surface area contributed by atoms with Crippen molar-refractivity contribution in [3.05, 3.63) is 217 Å². The van der Waals surface area contributed by atoms with Crippen LogP contribution in [0.1, 0.15) is 23.3 Å². The van der Waals surface area contributed by atoms with Gasteiger partial charge in [-0.05, 0) is 82.8 Å². The maximum absolute atomic E-state index is 6.30. The highest BCUT2D eigenvalue weighted by molar-refractivity contribution is 6.16. The fourth-order valence-corrected chi connectivity index (χ4v) is 9.15. The molecular formula is C57H38N4O. The van der Waals surface area contributed by atoms with Crippen LogP contribution in [-0.4, -0.2) is 19.5 Å². The Morgan fingerprint density at radius 3 is 1.68 bits per heavy atom. The molecule has 8 aromatic carbocycles. The van der Waals surface area contributed by atoms with Gasteiger partial charge in [0.25, 0.3) is 0 Å². The van der Waals surface area contributed by atoms with E-state index in [2.05, 4.69) is 144 Å². The van der Waals surface area contributed by atoms with Crippen molar-refractivity contribution in [2.24, 2.45) is 0 Å². The molecule has 0 fully saturated rings. The largest absolute Gasteiger partial charge is 0.460 e. The van der Waals surface area contributed by atoms with Crippen LogP contribution in [0.15, 0.2) is 205 Å². The first-order valence-corrected chi connectivity index (χ1v) is 21.1. The molecule has 3 heterocycles. The predicted octanol–water partition coefficient (Wildman–Crippen LogP) is 14.5. The average Bonchev–Trinajstić information content (AvgIpc) is 3.90. The summed E-state index contributed by atoms with van der Waals surface area (Å²) in [6.07, 6.45) is 4.13. The molecule has 3 aromatic heterocycles. The van der Waals surface area contributed by atoms with Gasteiger partial charge in [-0.2, -0.15) is 0 Å². The molecule has 0 saturated heterocycles. The van der Waals surface area contributed by atoms with Crippen molar-refractivity contribution in [2.45, 2.75) is 12.8 Å². The van der Waals surface area contributed by atoms with Gasteiger partial charge in [0.2, 0.25) is 0 Å². The normalized spacial score (nSPS) is 12.5. The third-order valence-electron chi connectivity index (χ3n) is 12.1. The molecule has 1 aliphatic rings. The van der Waals surface area contributed by atoms with E-state index in [1.165, 1.54) is 44.0 Å². The van der Waals surface area contributed by atoms with Crippen LogP contribution in [0.4, 0.5) is 0 Å². The molecule has 0 aliphatic heterocycles. The first-order valence-electron chi connectivity index (χ1n) is 21.1. The second-order valence-corrected chi connectivity index (χ2v) is 15.9. The monoisotopic (exact) mass is 794 g/mol. The summed E-state index contributed by atoms with van der Waals surface area (Å²) in [4.78, 5) is 15.2. The van der Waals surface area contributed by atoms with Crippen LogP contribution in [0.25, 0.3) is 107 Å². The summed E-state index contributed by atoms with van der Waals surface area (Å²) in [7, 11) is 0. The SMILES string of the molecule is C1=C(c2ccc3c(c2)c2cc(-c4ccccc4)cc(-c4ccccc4)c2n3-c2cccc(-c3nc(-c4ccccc4)nc(-c4ccccc4)n3)c2)CCc2oc3ccccc3c21. The zero-order chi connectivity index (χ0) is 41.0. The van der Waals surface area contributed by atoms with Crippen LogP contribution in [0.5, 0.6) is 0 Å². The highest BCUT2D eigenvalue weighted by Gasteiger charge is 2.23. The topological polar surface area (TPSA) is 56.7 Å². The quantitative estimate of drug-likeness (QED) is 0.161.